The molecule has 3 atom stereocenters. The maximum atomic E-state index is 13.5. The van der Waals surface area contributed by atoms with E-state index in [1.54, 1.807) is 0 Å². The Morgan fingerprint density at radius 3 is 2.31 bits per heavy atom. The van der Waals surface area contributed by atoms with Gasteiger partial charge in [0.05, 0.1) is 20.1 Å². The van der Waals surface area contributed by atoms with Crippen LogP contribution in [0, 0.1) is 5.92 Å². The van der Waals surface area contributed by atoms with Crippen molar-refractivity contribution in [3.63, 3.8) is 0 Å². The molecule has 0 aromatic heterocycles. The molecule has 2 aromatic carbocycles. The first-order valence-corrected chi connectivity index (χ1v) is 12.4. The highest BCUT2D eigenvalue weighted by Crippen LogP contribution is 2.41. The zero-order chi connectivity index (χ0) is 22.4. The molecule has 1 saturated carbocycles. The second kappa shape index (κ2) is 10.2. The monoisotopic (exact) mass is 436 g/mol. The minimum absolute atomic E-state index is 0.0753. The summed E-state index contributed by atoms with van der Waals surface area (Å²) < 4.78 is 7.01. The average Bonchev–Trinajstić information content (AvgIpc) is 2.84. The lowest BCUT2D eigenvalue weighted by Gasteiger charge is -2.42. The molecule has 2 aromatic rings. The number of hydrogen-bond donors (Lipinski definition) is 1. The van der Waals surface area contributed by atoms with E-state index in [2.05, 4.69) is 37.4 Å². The number of carbonyl (C=O) groups is 1. The van der Waals surface area contributed by atoms with Gasteiger partial charge in [0.25, 0.3) is 0 Å². The van der Waals surface area contributed by atoms with E-state index in [1.807, 2.05) is 30.3 Å². The van der Waals surface area contributed by atoms with Crippen LogP contribution in [-0.2, 0) is 21.6 Å². The Labute approximate surface area is 192 Å². The fraction of sp³-hybridized carbons (Fsp3) is 0.536. The van der Waals surface area contributed by atoms with Crippen LogP contribution in [0.2, 0.25) is 0 Å². The molecule has 0 amide bonds. The summed E-state index contributed by atoms with van der Waals surface area (Å²) in [4.78, 5) is 13.5. The largest absolute Gasteiger partial charge is 0.454 e. The molecular weight excluding hydrogens is 398 g/mol. The molecule has 1 aliphatic carbocycles. The molecule has 4 heteroatoms. The van der Waals surface area contributed by atoms with Gasteiger partial charge in [-0.05, 0) is 30.4 Å². The molecule has 2 fully saturated rings. The van der Waals surface area contributed by atoms with Crippen LogP contribution in [0.1, 0.15) is 56.1 Å². The van der Waals surface area contributed by atoms with Crippen molar-refractivity contribution in [3.05, 3.63) is 71.8 Å². The normalized spacial score (nSPS) is 26.2. The summed E-state index contributed by atoms with van der Waals surface area (Å²) in [7, 11) is 2.27. The Morgan fingerprint density at radius 1 is 0.969 bits per heavy atom. The van der Waals surface area contributed by atoms with Crippen molar-refractivity contribution < 1.29 is 19.1 Å². The van der Waals surface area contributed by atoms with E-state index in [9.17, 15) is 9.90 Å². The number of likely N-dealkylation sites (tertiary alicyclic amines) is 1. The lowest BCUT2D eigenvalue weighted by Crippen LogP contribution is -2.56. The third-order valence-corrected chi connectivity index (χ3v) is 7.65. The van der Waals surface area contributed by atoms with Gasteiger partial charge in [-0.3, -0.25) is 0 Å². The number of aliphatic hydroxyl groups is 1. The highest BCUT2D eigenvalue weighted by atomic mass is 16.6. The fourth-order valence-corrected chi connectivity index (χ4v) is 5.69. The number of ether oxygens (including phenoxy) is 1. The third kappa shape index (κ3) is 5.24. The van der Waals surface area contributed by atoms with Crippen molar-refractivity contribution >= 4 is 5.97 Å². The van der Waals surface area contributed by atoms with Crippen LogP contribution in [0.15, 0.2) is 60.7 Å². The molecule has 1 N–H and O–H groups in total. The van der Waals surface area contributed by atoms with Crippen LogP contribution in [0.3, 0.4) is 0 Å². The zero-order valence-corrected chi connectivity index (χ0v) is 19.4. The van der Waals surface area contributed by atoms with Crippen molar-refractivity contribution in [1.29, 1.82) is 0 Å². The number of likely N-dealkylation sites (N-methyl/N-ethyl adjacent to an activating group) is 1. The molecule has 4 rings (SSSR count). The van der Waals surface area contributed by atoms with E-state index < -0.39 is 11.6 Å². The molecule has 0 radical (unpaired) electrons. The van der Waals surface area contributed by atoms with Gasteiger partial charge >= 0.3 is 5.97 Å². The summed E-state index contributed by atoms with van der Waals surface area (Å²) in [5, 5.41) is 11.8. The van der Waals surface area contributed by atoms with E-state index in [0.717, 1.165) is 69.1 Å². The van der Waals surface area contributed by atoms with Gasteiger partial charge < -0.3 is 14.3 Å². The topological polar surface area (TPSA) is 46.5 Å². The molecule has 172 valence electrons. The van der Waals surface area contributed by atoms with Crippen LogP contribution < -0.4 is 0 Å². The standard InChI is InChI=1S/C28H38NO3/c1-29(21-19-23-12-5-2-6-13-23)20-11-18-26(22-29)32-27(30)28(31,24-14-7-3-8-15-24)25-16-9-4-10-17-25/h2-3,5-8,12-15,25-26,31H,4,9-11,16-22H2,1H3/q+1/t26-,28?,29?/m1/s1. The minimum Gasteiger partial charge on any atom is -0.454 e. The molecule has 2 unspecified atom stereocenters. The van der Waals surface area contributed by atoms with Gasteiger partial charge in [-0.15, -0.1) is 0 Å². The number of esters is 1. The maximum Gasteiger partial charge on any atom is 0.343 e. The molecule has 32 heavy (non-hydrogen) atoms. The van der Waals surface area contributed by atoms with Crippen molar-refractivity contribution in [2.24, 2.45) is 5.92 Å². The van der Waals surface area contributed by atoms with Crippen LogP contribution >= 0.6 is 0 Å². The second-order valence-corrected chi connectivity index (χ2v) is 10.1. The Balaban J connectivity index is 1.45. The first kappa shape index (κ1) is 23.0. The fourth-order valence-electron chi connectivity index (χ4n) is 5.69. The molecule has 1 saturated heterocycles. The summed E-state index contributed by atoms with van der Waals surface area (Å²) in [5.41, 5.74) is 0.475. The summed E-state index contributed by atoms with van der Waals surface area (Å²) >= 11 is 0. The number of rotatable bonds is 7. The predicted molar refractivity (Wildman–Crippen MR) is 127 cm³/mol. The van der Waals surface area contributed by atoms with Gasteiger partial charge in [0.15, 0.2) is 11.7 Å². The van der Waals surface area contributed by atoms with Gasteiger partial charge in [0.1, 0.15) is 6.54 Å². The first-order valence-electron chi connectivity index (χ1n) is 12.4. The van der Waals surface area contributed by atoms with E-state index in [-0.39, 0.29) is 12.0 Å². The summed E-state index contributed by atoms with van der Waals surface area (Å²) in [6.45, 7) is 2.95. The number of piperidine rings is 1. The van der Waals surface area contributed by atoms with Crippen LogP contribution in [0.25, 0.3) is 0 Å². The number of nitrogens with zero attached hydrogens (tertiary/aromatic N) is 1. The van der Waals surface area contributed by atoms with Crippen molar-refractivity contribution in [2.75, 3.05) is 26.7 Å². The highest BCUT2D eigenvalue weighted by Gasteiger charge is 2.48. The van der Waals surface area contributed by atoms with E-state index in [4.69, 9.17) is 4.74 Å². The lowest BCUT2D eigenvalue weighted by atomic mass is 9.73. The average molecular weight is 437 g/mol. The maximum absolute atomic E-state index is 13.5. The molecular formula is C28H38NO3+. The number of quaternary nitrogens is 1. The lowest BCUT2D eigenvalue weighted by molar-refractivity contribution is -0.916. The first-order chi connectivity index (χ1) is 15.5. The minimum atomic E-state index is -1.55. The SMILES string of the molecule is C[N+]1(CCc2ccccc2)CCC[C@@H](OC(=O)C(O)(c2ccccc2)C2CCCCC2)C1. The molecule has 1 aliphatic heterocycles. The van der Waals surface area contributed by atoms with Crippen molar-refractivity contribution in [2.45, 2.75) is 63.1 Å². The summed E-state index contributed by atoms with van der Waals surface area (Å²) in [6, 6.07) is 20.0. The van der Waals surface area contributed by atoms with Gasteiger partial charge in [-0.25, -0.2) is 4.79 Å². The Hall–Kier alpha value is -2.17. The van der Waals surface area contributed by atoms with Crippen LogP contribution in [-0.4, -0.2) is 48.3 Å². The molecule has 0 spiro atoms. The van der Waals surface area contributed by atoms with Gasteiger partial charge in [-0.2, -0.15) is 0 Å². The second-order valence-electron chi connectivity index (χ2n) is 10.1. The Morgan fingerprint density at radius 2 is 1.62 bits per heavy atom. The highest BCUT2D eigenvalue weighted by molar-refractivity contribution is 5.81. The number of benzene rings is 2. The predicted octanol–water partition coefficient (Wildman–Crippen LogP) is 4.85. The van der Waals surface area contributed by atoms with Crippen molar-refractivity contribution in [1.82, 2.24) is 0 Å². The van der Waals surface area contributed by atoms with Crippen LogP contribution in [0.4, 0.5) is 0 Å². The molecule has 1 heterocycles. The van der Waals surface area contributed by atoms with Crippen LogP contribution in [0.5, 0.6) is 0 Å². The van der Waals surface area contributed by atoms with Crippen molar-refractivity contribution in [3.8, 4) is 0 Å². The summed E-state index contributed by atoms with van der Waals surface area (Å²) in [5.74, 6) is -0.522. The smallest absolute Gasteiger partial charge is 0.343 e. The van der Waals surface area contributed by atoms with Gasteiger partial charge in [0.2, 0.25) is 0 Å². The summed E-state index contributed by atoms with van der Waals surface area (Å²) in [6.07, 6.45) is 7.83. The van der Waals surface area contributed by atoms with E-state index in [1.165, 1.54) is 12.0 Å². The number of carbonyl (C=O) groups excluding carboxylic acids is 1. The molecule has 0 bridgehead atoms. The van der Waals surface area contributed by atoms with E-state index in [0.29, 0.717) is 5.56 Å². The van der Waals surface area contributed by atoms with Gasteiger partial charge in [0, 0.05) is 18.8 Å². The molecule has 2 aliphatic rings. The third-order valence-electron chi connectivity index (χ3n) is 7.65. The quantitative estimate of drug-likeness (QED) is 0.499. The number of hydrogen-bond acceptors (Lipinski definition) is 3. The Bertz CT molecular complexity index is 865. The Kier molecular flexibility index (Phi) is 7.32. The van der Waals surface area contributed by atoms with E-state index >= 15 is 0 Å². The van der Waals surface area contributed by atoms with Gasteiger partial charge in [-0.1, -0.05) is 79.9 Å². The zero-order valence-electron chi connectivity index (χ0n) is 19.4. The molecule has 4 nitrogen and oxygen atoms in total.